The van der Waals surface area contributed by atoms with Crippen LogP contribution in [0, 0.1) is 6.92 Å². The van der Waals surface area contributed by atoms with Gasteiger partial charge in [0, 0.05) is 48.1 Å². The van der Waals surface area contributed by atoms with Crippen molar-refractivity contribution in [3.05, 3.63) is 53.5 Å². The van der Waals surface area contributed by atoms with Gasteiger partial charge in [0.1, 0.15) is 0 Å². The van der Waals surface area contributed by atoms with E-state index in [1.165, 1.54) is 42.8 Å². The minimum absolute atomic E-state index is 0.765. The van der Waals surface area contributed by atoms with Gasteiger partial charge in [-0.3, -0.25) is 5.10 Å². The largest absolute Gasteiger partial charge is 0.399 e. The number of hydrogen-bond acceptors (Lipinski definition) is 4. The highest BCUT2D eigenvalue weighted by molar-refractivity contribution is 5.57. The molecular weight excluding hydrogens is 310 g/mol. The van der Waals surface area contributed by atoms with Crippen LogP contribution in [-0.4, -0.2) is 28.7 Å². The quantitative estimate of drug-likeness (QED) is 0.744. The molecule has 0 unspecified atom stereocenters. The fourth-order valence-electron chi connectivity index (χ4n) is 3.35. The maximum Gasteiger partial charge on any atom is 0.0700 e. The molecule has 1 fully saturated rings. The Balaban J connectivity index is 0.000000151. The van der Waals surface area contributed by atoms with Crippen molar-refractivity contribution in [2.24, 2.45) is 0 Å². The molecule has 5 nitrogen and oxygen atoms in total. The van der Waals surface area contributed by atoms with Crippen molar-refractivity contribution < 1.29 is 0 Å². The lowest BCUT2D eigenvalue weighted by atomic mass is 9.81. The zero-order chi connectivity index (χ0) is 17.8. The molecule has 1 aromatic carbocycles. The van der Waals surface area contributed by atoms with Crippen LogP contribution < -0.4 is 11.1 Å². The smallest absolute Gasteiger partial charge is 0.0700 e. The number of hydrogen-bond donors (Lipinski definition) is 3. The molecule has 2 aromatic rings. The van der Waals surface area contributed by atoms with Gasteiger partial charge in [0.25, 0.3) is 0 Å². The second-order valence-electron chi connectivity index (χ2n) is 7.10. The van der Waals surface area contributed by atoms with E-state index in [2.05, 4.69) is 34.0 Å². The maximum atomic E-state index is 5.63. The number of anilines is 2. The standard InChI is InChI=1S/C11H17N3.C9H12N2/c1-14-6-5-10-9(7-14)11(13-12-10)8-3-2-4-8;1-3-11-8-4-5-9(10)7(2)6-8/h8H,2-7H2,1H3,(H,12,13);3-6,11H,1,10H2,2H3. The van der Waals surface area contributed by atoms with Crippen molar-refractivity contribution >= 4 is 11.4 Å². The van der Waals surface area contributed by atoms with Crippen molar-refractivity contribution in [2.45, 2.75) is 45.1 Å². The Hall–Kier alpha value is -2.27. The number of aromatic amines is 1. The molecule has 2 heterocycles. The summed E-state index contributed by atoms with van der Waals surface area (Å²) in [6.45, 7) is 7.80. The summed E-state index contributed by atoms with van der Waals surface area (Å²) in [6, 6.07) is 5.78. The number of likely N-dealkylation sites (N-methyl/N-ethyl adjacent to an activating group) is 1. The molecule has 0 bridgehead atoms. The molecule has 25 heavy (non-hydrogen) atoms. The fourth-order valence-corrected chi connectivity index (χ4v) is 3.35. The third kappa shape index (κ3) is 4.04. The lowest BCUT2D eigenvalue weighted by Gasteiger charge is -2.28. The average Bonchev–Trinajstić information content (AvgIpc) is 2.93. The maximum absolute atomic E-state index is 5.63. The van der Waals surface area contributed by atoms with Gasteiger partial charge in [-0.05, 0) is 56.8 Å². The summed E-state index contributed by atoms with van der Waals surface area (Å²) in [5, 5.41) is 10.7. The van der Waals surface area contributed by atoms with Crippen LogP contribution in [-0.2, 0) is 13.0 Å². The first-order chi connectivity index (χ1) is 12.1. The highest BCUT2D eigenvalue weighted by Crippen LogP contribution is 2.38. The number of H-pyrrole nitrogens is 1. The predicted octanol–water partition coefficient (Wildman–Crippen LogP) is 3.80. The molecule has 0 spiro atoms. The highest BCUT2D eigenvalue weighted by Gasteiger charge is 2.28. The van der Waals surface area contributed by atoms with Gasteiger partial charge in [-0.1, -0.05) is 13.0 Å². The second kappa shape index (κ2) is 7.74. The Morgan fingerprint density at radius 3 is 2.84 bits per heavy atom. The first kappa shape index (κ1) is 17.5. The van der Waals surface area contributed by atoms with Crippen molar-refractivity contribution in [2.75, 3.05) is 24.6 Å². The molecular formula is C20H29N5. The van der Waals surface area contributed by atoms with Gasteiger partial charge < -0.3 is 16.0 Å². The highest BCUT2D eigenvalue weighted by atomic mass is 15.2. The van der Waals surface area contributed by atoms with Crippen molar-refractivity contribution in [1.29, 1.82) is 0 Å². The Morgan fingerprint density at radius 1 is 1.40 bits per heavy atom. The second-order valence-corrected chi connectivity index (χ2v) is 7.10. The zero-order valence-electron chi connectivity index (χ0n) is 15.3. The van der Waals surface area contributed by atoms with Gasteiger partial charge in [-0.15, -0.1) is 0 Å². The molecule has 1 saturated carbocycles. The van der Waals surface area contributed by atoms with E-state index in [9.17, 15) is 0 Å². The first-order valence-corrected chi connectivity index (χ1v) is 9.06. The molecule has 4 rings (SSSR count). The van der Waals surface area contributed by atoms with Gasteiger partial charge >= 0.3 is 0 Å². The van der Waals surface area contributed by atoms with Crippen molar-refractivity contribution in [3.63, 3.8) is 0 Å². The molecule has 0 radical (unpaired) electrons. The Kier molecular flexibility index (Phi) is 5.43. The van der Waals surface area contributed by atoms with Crippen molar-refractivity contribution in [1.82, 2.24) is 15.1 Å². The monoisotopic (exact) mass is 339 g/mol. The van der Waals surface area contributed by atoms with E-state index in [1.807, 2.05) is 25.1 Å². The van der Waals surface area contributed by atoms with E-state index in [0.717, 1.165) is 35.8 Å². The number of nitrogens with zero attached hydrogens (tertiary/aromatic N) is 2. The van der Waals surface area contributed by atoms with E-state index in [4.69, 9.17) is 5.73 Å². The number of fused-ring (bicyclic) bond motifs is 1. The topological polar surface area (TPSA) is 70.0 Å². The molecule has 1 aliphatic heterocycles. The molecule has 0 saturated heterocycles. The van der Waals surface area contributed by atoms with Crippen LogP contribution in [0.3, 0.4) is 0 Å². The number of rotatable bonds is 3. The van der Waals surface area contributed by atoms with Crippen LogP contribution in [0.2, 0.25) is 0 Å². The normalized spacial score (nSPS) is 17.0. The molecule has 0 amide bonds. The average molecular weight is 339 g/mol. The van der Waals surface area contributed by atoms with E-state index in [-0.39, 0.29) is 0 Å². The summed E-state index contributed by atoms with van der Waals surface area (Å²) >= 11 is 0. The molecule has 4 N–H and O–H groups in total. The van der Waals surface area contributed by atoms with Crippen LogP contribution in [0.5, 0.6) is 0 Å². The summed E-state index contributed by atoms with van der Waals surface area (Å²) < 4.78 is 0. The van der Waals surface area contributed by atoms with E-state index < -0.39 is 0 Å². The number of nitrogen functional groups attached to an aromatic ring is 1. The van der Waals surface area contributed by atoms with Gasteiger partial charge in [-0.25, -0.2) is 0 Å². The van der Waals surface area contributed by atoms with Crippen LogP contribution in [0.4, 0.5) is 11.4 Å². The minimum atomic E-state index is 0.765. The molecule has 2 aliphatic rings. The van der Waals surface area contributed by atoms with Crippen LogP contribution >= 0.6 is 0 Å². The van der Waals surface area contributed by atoms with Crippen LogP contribution in [0.15, 0.2) is 31.0 Å². The van der Waals surface area contributed by atoms with E-state index in [0.29, 0.717) is 0 Å². The third-order valence-electron chi connectivity index (χ3n) is 5.19. The molecule has 5 heteroatoms. The number of nitrogens with one attached hydrogen (secondary N) is 2. The minimum Gasteiger partial charge on any atom is -0.399 e. The lowest BCUT2D eigenvalue weighted by molar-refractivity contribution is 0.307. The number of aromatic nitrogens is 2. The Labute approximate surface area is 150 Å². The zero-order valence-corrected chi connectivity index (χ0v) is 15.3. The summed E-state index contributed by atoms with van der Waals surface area (Å²) in [4.78, 5) is 2.39. The summed E-state index contributed by atoms with van der Waals surface area (Å²) in [7, 11) is 2.19. The lowest BCUT2D eigenvalue weighted by Crippen LogP contribution is -2.27. The predicted molar refractivity (Wildman–Crippen MR) is 105 cm³/mol. The van der Waals surface area contributed by atoms with Gasteiger partial charge in [-0.2, -0.15) is 5.10 Å². The van der Waals surface area contributed by atoms with Crippen LogP contribution in [0.25, 0.3) is 0 Å². The van der Waals surface area contributed by atoms with Gasteiger partial charge in [0.05, 0.1) is 5.69 Å². The van der Waals surface area contributed by atoms with Gasteiger partial charge in [0.15, 0.2) is 0 Å². The molecule has 134 valence electrons. The number of aryl methyl sites for hydroxylation is 1. The fraction of sp³-hybridized carbons (Fsp3) is 0.450. The van der Waals surface area contributed by atoms with Gasteiger partial charge in [0.2, 0.25) is 0 Å². The third-order valence-corrected chi connectivity index (χ3v) is 5.19. The number of benzene rings is 1. The summed E-state index contributed by atoms with van der Waals surface area (Å²) in [6.07, 6.45) is 6.88. The summed E-state index contributed by atoms with van der Waals surface area (Å²) in [5.41, 5.74) is 12.8. The number of nitrogens with two attached hydrogens (primary N) is 1. The Bertz CT molecular complexity index is 730. The molecule has 1 aliphatic carbocycles. The van der Waals surface area contributed by atoms with E-state index >= 15 is 0 Å². The molecule has 1 aromatic heterocycles. The Morgan fingerprint density at radius 2 is 2.20 bits per heavy atom. The SMILES string of the molecule is C=CNc1ccc(N)c(C)c1.CN1CCc2[nH]nc(C3CCC3)c2C1. The van der Waals surface area contributed by atoms with Crippen LogP contribution in [0.1, 0.15) is 47.7 Å². The molecule has 0 atom stereocenters. The van der Waals surface area contributed by atoms with E-state index in [1.54, 1.807) is 6.20 Å². The first-order valence-electron chi connectivity index (χ1n) is 9.06. The van der Waals surface area contributed by atoms with Crippen molar-refractivity contribution in [3.8, 4) is 0 Å². The summed E-state index contributed by atoms with van der Waals surface area (Å²) in [5.74, 6) is 0.765.